The first-order valence-electron chi connectivity index (χ1n) is 8.88. The summed E-state index contributed by atoms with van der Waals surface area (Å²) in [6.07, 6.45) is 1.49. The molecule has 0 bridgehead atoms. The summed E-state index contributed by atoms with van der Waals surface area (Å²) in [4.78, 5) is 27.0. The highest BCUT2D eigenvalue weighted by molar-refractivity contribution is 6.31. The lowest BCUT2D eigenvalue weighted by Gasteiger charge is -2.35. The highest BCUT2D eigenvalue weighted by Gasteiger charge is 2.49. The topological polar surface area (TPSA) is 67.9 Å². The molecule has 7 heteroatoms. The van der Waals surface area contributed by atoms with E-state index < -0.39 is 5.54 Å². The molecule has 2 rings (SSSR count). The van der Waals surface area contributed by atoms with Gasteiger partial charge in [0.1, 0.15) is 11.3 Å². The van der Waals surface area contributed by atoms with E-state index in [1.165, 1.54) is 7.11 Å². The second-order valence-electron chi connectivity index (χ2n) is 6.58. The molecule has 144 valence electrons. The van der Waals surface area contributed by atoms with E-state index in [1.807, 2.05) is 13.8 Å². The van der Waals surface area contributed by atoms with Gasteiger partial charge in [-0.25, -0.2) is 0 Å². The van der Waals surface area contributed by atoms with Crippen molar-refractivity contribution < 1.29 is 19.1 Å². The molecule has 1 aliphatic rings. The standard InChI is InChI=1S/C19H27ClN2O4/c1-5-26-10-6-9-21-18(24)19(3)8-7-17(23)22(19)15-11-13(2)14(20)12-16(15)25-4/h11-12H,5-10H2,1-4H3,(H,21,24)/t19-/m1/s1. The normalized spacial score (nSPS) is 19.7. The molecule has 0 aromatic heterocycles. The first-order valence-corrected chi connectivity index (χ1v) is 9.26. The Morgan fingerprint density at radius 1 is 1.42 bits per heavy atom. The van der Waals surface area contributed by atoms with Crippen LogP contribution in [-0.4, -0.2) is 44.2 Å². The monoisotopic (exact) mass is 382 g/mol. The summed E-state index contributed by atoms with van der Waals surface area (Å²) >= 11 is 6.18. The summed E-state index contributed by atoms with van der Waals surface area (Å²) in [6, 6.07) is 3.48. The molecule has 1 heterocycles. The largest absolute Gasteiger partial charge is 0.495 e. The van der Waals surface area contributed by atoms with Crippen molar-refractivity contribution in [2.45, 2.75) is 45.6 Å². The molecule has 26 heavy (non-hydrogen) atoms. The number of hydrogen-bond acceptors (Lipinski definition) is 4. The molecule has 0 aliphatic carbocycles. The van der Waals surface area contributed by atoms with E-state index in [1.54, 1.807) is 24.0 Å². The lowest BCUT2D eigenvalue weighted by atomic mass is 9.96. The number of carbonyl (C=O) groups excluding carboxylic acids is 2. The van der Waals surface area contributed by atoms with Crippen LogP contribution < -0.4 is 15.0 Å². The van der Waals surface area contributed by atoms with Crippen LogP contribution in [0.15, 0.2) is 12.1 Å². The summed E-state index contributed by atoms with van der Waals surface area (Å²) in [5.41, 5.74) is 0.432. The number of methoxy groups -OCH3 is 1. The number of nitrogens with zero attached hydrogens (tertiary/aromatic N) is 1. The van der Waals surface area contributed by atoms with Crippen molar-refractivity contribution in [3.63, 3.8) is 0 Å². The minimum Gasteiger partial charge on any atom is -0.495 e. The first-order chi connectivity index (χ1) is 12.3. The van der Waals surface area contributed by atoms with Crippen LogP contribution in [0.5, 0.6) is 5.75 Å². The molecule has 0 spiro atoms. The summed E-state index contributed by atoms with van der Waals surface area (Å²) < 4.78 is 10.7. The molecular formula is C19H27ClN2O4. The number of ether oxygens (including phenoxy) is 2. The minimum atomic E-state index is -0.962. The predicted octanol–water partition coefficient (Wildman–Crippen LogP) is 3.09. The van der Waals surface area contributed by atoms with Gasteiger partial charge in [-0.05, 0) is 45.2 Å². The van der Waals surface area contributed by atoms with Crippen LogP contribution >= 0.6 is 11.6 Å². The number of anilines is 1. The molecule has 6 nitrogen and oxygen atoms in total. The molecule has 1 aromatic carbocycles. The third kappa shape index (κ3) is 4.13. The van der Waals surface area contributed by atoms with Crippen LogP contribution in [0.2, 0.25) is 5.02 Å². The average Bonchev–Trinajstić information content (AvgIpc) is 2.92. The summed E-state index contributed by atoms with van der Waals surface area (Å²) in [6.45, 7) is 7.34. The van der Waals surface area contributed by atoms with E-state index in [9.17, 15) is 9.59 Å². The molecule has 1 atom stereocenters. The molecule has 0 unspecified atom stereocenters. The Hall–Kier alpha value is -1.79. The molecule has 1 saturated heterocycles. The van der Waals surface area contributed by atoms with Crippen LogP contribution in [-0.2, 0) is 14.3 Å². The molecule has 1 fully saturated rings. The van der Waals surface area contributed by atoms with E-state index in [-0.39, 0.29) is 11.8 Å². The number of hydrogen-bond donors (Lipinski definition) is 1. The van der Waals surface area contributed by atoms with Crippen LogP contribution in [0.1, 0.15) is 38.7 Å². The fourth-order valence-electron chi connectivity index (χ4n) is 3.16. The van der Waals surface area contributed by atoms with Gasteiger partial charge in [-0.1, -0.05) is 11.6 Å². The predicted molar refractivity (Wildman–Crippen MR) is 102 cm³/mol. The number of amides is 2. The van der Waals surface area contributed by atoms with E-state index in [0.29, 0.717) is 49.1 Å². The van der Waals surface area contributed by atoms with Gasteiger partial charge in [-0.2, -0.15) is 0 Å². The Balaban J connectivity index is 2.25. The van der Waals surface area contributed by atoms with E-state index in [4.69, 9.17) is 21.1 Å². The molecule has 0 saturated carbocycles. The number of benzene rings is 1. The highest BCUT2D eigenvalue weighted by Crippen LogP contribution is 2.42. The van der Waals surface area contributed by atoms with Gasteiger partial charge in [0.15, 0.2) is 0 Å². The zero-order valence-electron chi connectivity index (χ0n) is 15.9. The first kappa shape index (κ1) is 20.5. The lowest BCUT2D eigenvalue weighted by molar-refractivity contribution is -0.127. The van der Waals surface area contributed by atoms with E-state index >= 15 is 0 Å². The lowest BCUT2D eigenvalue weighted by Crippen LogP contribution is -2.55. The van der Waals surface area contributed by atoms with Crippen molar-refractivity contribution in [3.05, 3.63) is 22.7 Å². The van der Waals surface area contributed by atoms with Gasteiger partial charge in [-0.15, -0.1) is 0 Å². The molecule has 1 aliphatic heterocycles. The summed E-state index contributed by atoms with van der Waals surface area (Å²) in [5.74, 6) is 0.206. The minimum absolute atomic E-state index is 0.100. The maximum atomic E-state index is 12.9. The van der Waals surface area contributed by atoms with Crippen molar-refractivity contribution in [2.75, 3.05) is 31.8 Å². The van der Waals surface area contributed by atoms with Gasteiger partial charge >= 0.3 is 0 Å². The van der Waals surface area contributed by atoms with Crippen LogP contribution in [0, 0.1) is 6.92 Å². The highest BCUT2D eigenvalue weighted by atomic mass is 35.5. The van der Waals surface area contributed by atoms with Crippen molar-refractivity contribution >= 4 is 29.1 Å². The van der Waals surface area contributed by atoms with E-state index in [0.717, 1.165) is 12.0 Å². The SMILES string of the molecule is CCOCCCNC(=O)[C@@]1(C)CCC(=O)N1c1cc(C)c(Cl)cc1OC. The molecule has 2 amide bonds. The van der Waals surface area contributed by atoms with Gasteiger partial charge in [0, 0.05) is 37.3 Å². The van der Waals surface area contributed by atoms with Crippen molar-refractivity contribution in [1.82, 2.24) is 5.32 Å². The zero-order valence-corrected chi connectivity index (χ0v) is 16.6. The molecular weight excluding hydrogens is 356 g/mol. The van der Waals surface area contributed by atoms with E-state index in [2.05, 4.69) is 5.32 Å². The third-order valence-electron chi connectivity index (χ3n) is 4.71. The number of rotatable bonds is 8. The molecule has 1 aromatic rings. The fourth-order valence-corrected chi connectivity index (χ4v) is 3.32. The Kier molecular flexibility index (Phi) is 6.89. The van der Waals surface area contributed by atoms with Crippen molar-refractivity contribution in [3.8, 4) is 5.75 Å². The zero-order chi connectivity index (χ0) is 19.3. The molecule has 0 radical (unpaired) electrons. The maximum absolute atomic E-state index is 12.9. The van der Waals surface area contributed by atoms with Crippen LogP contribution in [0.25, 0.3) is 0 Å². The Morgan fingerprint density at radius 3 is 2.81 bits per heavy atom. The van der Waals surface area contributed by atoms with Crippen LogP contribution in [0.4, 0.5) is 5.69 Å². The van der Waals surface area contributed by atoms with Gasteiger partial charge in [-0.3, -0.25) is 14.5 Å². The Bertz CT molecular complexity index is 680. The Labute approximate surface area is 159 Å². The van der Waals surface area contributed by atoms with Gasteiger partial charge in [0.05, 0.1) is 12.8 Å². The Morgan fingerprint density at radius 2 is 2.15 bits per heavy atom. The number of nitrogens with one attached hydrogen (secondary N) is 1. The number of carbonyl (C=O) groups is 2. The van der Waals surface area contributed by atoms with Gasteiger partial charge in [0.2, 0.25) is 11.8 Å². The molecule has 1 N–H and O–H groups in total. The van der Waals surface area contributed by atoms with Crippen LogP contribution in [0.3, 0.4) is 0 Å². The van der Waals surface area contributed by atoms with Gasteiger partial charge < -0.3 is 14.8 Å². The average molecular weight is 383 g/mol. The smallest absolute Gasteiger partial charge is 0.246 e. The summed E-state index contributed by atoms with van der Waals surface area (Å²) in [5, 5.41) is 3.48. The number of halogens is 1. The maximum Gasteiger partial charge on any atom is 0.246 e. The third-order valence-corrected chi connectivity index (χ3v) is 5.12. The van der Waals surface area contributed by atoms with Crippen molar-refractivity contribution in [2.24, 2.45) is 0 Å². The number of aryl methyl sites for hydroxylation is 1. The fraction of sp³-hybridized carbons (Fsp3) is 0.579. The van der Waals surface area contributed by atoms with Crippen molar-refractivity contribution in [1.29, 1.82) is 0 Å². The van der Waals surface area contributed by atoms with Gasteiger partial charge in [0.25, 0.3) is 0 Å². The second-order valence-corrected chi connectivity index (χ2v) is 6.99. The quantitative estimate of drug-likeness (QED) is 0.701. The summed E-state index contributed by atoms with van der Waals surface area (Å²) in [7, 11) is 1.52. The second kappa shape index (κ2) is 8.73.